The number of hydrogen-bond acceptors (Lipinski definition) is 5. The van der Waals surface area contributed by atoms with Crippen LogP contribution in [0, 0.1) is 5.82 Å². The average molecular weight is 503 g/mol. The summed E-state index contributed by atoms with van der Waals surface area (Å²) in [6.07, 6.45) is 14.8. The van der Waals surface area contributed by atoms with E-state index in [1.54, 1.807) is 21.5 Å². The molecule has 0 bridgehead atoms. The van der Waals surface area contributed by atoms with E-state index < -0.39 is 11.2 Å². The van der Waals surface area contributed by atoms with Crippen LogP contribution in [0.4, 0.5) is 4.39 Å². The molecule has 0 unspecified atom stereocenters. The van der Waals surface area contributed by atoms with Crippen molar-refractivity contribution in [1.82, 2.24) is 39.6 Å². The first-order chi connectivity index (χ1) is 18.1. The molecule has 0 radical (unpaired) electrons. The smallest absolute Gasteiger partial charge is 0.334 e. The molecule has 1 aliphatic heterocycles. The summed E-state index contributed by atoms with van der Waals surface area (Å²) in [4.78, 5) is 13.9. The zero-order valence-electron chi connectivity index (χ0n) is 21.1. The standard InChI is InChI=1S/C27H31FN8O/c1-3-5-9-22-18-35(25-23(28)10-16-34(25)15-4-2)26(37)36(22)19-27(11-13-29-14-12-27)21-8-6-7-20(17-21)24-30-32-33-31-24/h6-8,10-14,16-18,29H,3-5,9,15,19H2,1-2H3,(H,30,31,32,33). The van der Waals surface area contributed by atoms with Crippen molar-refractivity contribution in [2.75, 3.05) is 0 Å². The topological polar surface area (TPSA) is 98.3 Å². The molecular formula is C27H31FN8O. The number of rotatable bonds is 10. The molecule has 0 amide bonds. The first-order valence-electron chi connectivity index (χ1n) is 12.7. The Hall–Kier alpha value is -4.21. The summed E-state index contributed by atoms with van der Waals surface area (Å²) in [6, 6.07) is 9.38. The molecule has 3 aromatic heterocycles. The number of unbranched alkanes of at least 4 members (excludes halogenated alkanes) is 1. The summed E-state index contributed by atoms with van der Waals surface area (Å²) >= 11 is 0. The maximum atomic E-state index is 14.9. The molecule has 0 fully saturated rings. The van der Waals surface area contributed by atoms with Gasteiger partial charge in [-0.05, 0) is 59.8 Å². The van der Waals surface area contributed by atoms with Gasteiger partial charge in [-0.2, -0.15) is 0 Å². The van der Waals surface area contributed by atoms with Crippen LogP contribution < -0.4 is 11.0 Å². The summed E-state index contributed by atoms with van der Waals surface area (Å²) in [6.45, 7) is 5.15. The van der Waals surface area contributed by atoms with E-state index in [-0.39, 0.29) is 11.5 Å². The number of nitrogens with one attached hydrogen (secondary N) is 2. The largest absolute Gasteiger partial charge is 0.368 e. The quantitative estimate of drug-likeness (QED) is 0.341. The van der Waals surface area contributed by atoms with Crippen molar-refractivity contribution in [1.29, 1.82) is 0 Å². The first-order valence-corrected chi connectivity index (χ1v) is 12.7. The van der Waals surface area contributed by atoms with Gasteiger partial charge in [-0.3, -0.25) is 9.13 Å². The van der Waals surface area contributed by atoms with E-state index in [9.17, 15) is 9.18 Å². The Bertz CT molecular complexity index is 1460. The lowest BCUT2D eigenvalue weighted by atomic mass is 9.78. The number of tetrazole rings is 1. The van der Waals surface area contributed by atoms with E-state index in [2.05, 4.69) is 45.0 Å². The van der Waals surface area contributed by atoms with Crippen molar-refractivity contribution in [2.24, 2.45) is 0 Å². The lowest BCUT2D eigenvalue weighted by Crippen LogP contribution is -2.36. The maximum absolute atomic E-state index is 14.9. The number of aromatic nitrogens is 7. The summed E-state index contributed by atoms with van der Waals surface area (Å²) in [5.74, 6) is 0.450. The van der Waals surface area contributed by atoms with Crippen LogP contribution in [0.1, 0.15) is 44.4 Å². The van der Waals surface area contributed by atoms with E-state index >= 15 is 0 Å². The van der Waals surface area contributed by atoms with Gasteiger partial charge in [0.25, 0.3) is 0 Å². The fourth-order valence-electron chi connectivity index (χ4n) is 4.91. The normalized spacial score (nSPS) is 14.2. The molecule has 0 atom stereocenters. The van der Waals surface area contributed by atoms with Gasteiger partial charge in [-0.15, -0.1) is 5.10 Å². The molecule has 9 nitrogen and oxygen atoms in total. The van der Waals surface area contributed by atoms with Gasteiger partial charge in [0.15, 0.2) is 17.5 Å². The van der Waals surface area contributed by atoms with Crippen molar-refractivity contribution >= 4 is 0 Å². The summed E-state index contributed by atoms with van der Waals surface area (Å²) in [5, 5.41) is 17.4. The number of hydrogen-bond donors (Lipinski definition) is 2. The van der Waals surface area contributed by atoms with Crippen LogP contribution in [-0.4, -0.2) is 34.3 Å². The molecule has 5 rings (SSSR count). The summed E-state index contributed by atoms with van der Waals surface area (Å²) in [5.41, 5.74) is 1.84. The highest BCUT2D eigenvalue weighted by atomic mass is 19.1. The Kier molecular flexibility index (Phi) is 6.89. The zero-order valence-corrected chi connectivity index (χ0v) is 21.1. The van der Waals surface area contributed by atoms with E-state index in [1.165, 1.54) is 10.6 Å². The number of nitrogens with zero attached hydrogens (tertiary/aromatic N) is 6. The second kappa shape index (κ2) is 10.4. The predicted molar refractivity (Wildman–Crippen MR) is 140 cm³/mol. The monoisotopic (exact) mass is 502 g/mol. The summed E-state index contributed by atoms with van der Waals surface area (Å²) < 4.78 is 20.0. The molecule has 1 aromatic carbocycles. The highest BCUT2D eigenvalue weighted by Crippen LogP contribution is 2.33. The SMILES string of the molecule is CCCCc1cn(-c2c(F)ccn2CCC)c(=O)n1CC1(c2cccc(-c3nnn[nH]3)c2)C=CNC=C1. The van der Waals surface area contributed by atoms with Crippen molar-refractivity contribution in [3.63, 3.8) is 0 Å². The lowest BCUT2D eigenvalue weighted by Gasteiger charge is -2.31. The van der Waals surface area contributed by atoms with E-state index in [0.717, 1.165) is 42.5 Å². The third-order valence-corrected chi connectivity index (χ3v) is 6.82. The lowest BCUT2D eigenvalue weighted by molar-refractivity contribution is 0.494. The number of allylic oxidation sites excluding steroid dienone is 2. The second-order valence-electron chi connectivity index (χ2n) is 9.35. The Morgan fingerprint density at radius 1 is 1.11 bits per heavy atom. The first kappa shape index (κ1) is 24.5. The van der Waals surface area contributed by atoms with E-state index in [4.69, 9.17) is 0 Å². The van der Waals surface area contributed by atoms with Gasteiger partial charge < -0.3 is 9.88 Å². The van der Waals surface area contributed by atoms with Crippen LogP contribution in [-0.2, 0) is 24.9 Å². The highest BCUT2D eigenvalue weighted by molar-refractivity contribution is 5.57. The van der Waals surface area contributed by atoms with Crippen LogP contribution in [0.3, 0.4) is 0 Å². The molecule has 0 saturated heterocycles. The maximum Gasteiger partial charge on any atom is 0.334 e. The van der Waals surface area contributed by atoms with Gasteiger partial charge in [-0.25, -0.2) is 14.3 Å². The Morgan fingerprint density at radius 3 is 2.68 bits per heavy atom. The van der Waals surface area contributed by atoms with Crippen LogP contribution in [0.25, 0.3) is 17.2 Å². The zero-order chi connectivity index (χ0) is 25.8. The summed E-state index contributed by atoms with van der Waals surface area (Å²) in [7, 11) is 0. The van der Waals surface area contributed by atoms with Crippen LogP contribution in [0.5, 0.6) is 0 Å². The minimum Gasteiger partial charge on any atom is -0.368 e. The number of benzene rings is 1. The van der Waals surface area contributed by atoms with E-state index in [1.807, 2.05) is 43.6 Å². The third-order valence-electron chi connectivity index (χ3n) is 6.82. The van der Waals surface area contributed by atoms with Gasteiger partial charge in [0, 0.05) is 36.7 Å². The van der Waals surface area contributed by atoms with E-state index in [0.29, 0.717) is 18.9 Å². The fourth-order valence-corrected chi connectivity index (χ4v) is 4.91. The van der Waals surface area contributed by atoms with Gasteiger partial charge in [0.05, 0.1) is 5.41 Å². The predicted octanol–water partition coefficient (Wildman–Crippen LogP) is 4.08. The fraction of sp³-hybridized carbons (Fsp3) is 0.333. The van der Waals surface area contributed by atoms with Crippen molar-refractivity contribution in [3.05, 3.63) is 94.8 Å². The van der Waals surface area contributed by atoms with Crippen LogP contribution in [0.2, 0.25) is 0 Å². The molecule has 10 heteroatoms. The molecular weight excluding hydrogens is 471 g/mol. The molecule has 4 aromatic rings. The minimum atomic E-state index is -0.615. The number of halogens is 1. The minimum absolute atomic E-state index is 0.253. The van der Waals surface area contributed by atoms with Crippen molar-refractivity contribution in [2.45, 2.75) is 58.0 Å². The molecule has 0 saturated carbocycles. The van der Waals surface area contributed by atoms with Crippen LogP contribution >= 0.6 is 0 Å². The molecule has 0 spiro atoms. The van der Waals surface area contributed by atoms with Crippen molar-refractivity contribution in [3.8, 4) is 17.2 Å². The van der Waals surface area contributed by atoms with Gasteiger partial charge in [0.1, 0.15) is 0 Å². The number of imidazole rings is 1. The molecule has 37 heavy (non-hydrogen) atoms. The van der Waals surface area contributed by atoms with Gasteiger partial charge in [-0.1, -0.05) is 50.6 Å². The molecule has 192 valence electrons. The second-order valence-corrected chi connectivity index (χ2v) is 9.35. The number of dihydropyridines is 1. The van der Waals surface area contributed by atoms with Crippen molar-refractivity contribution < 1.29 is 4.39 Å². The van der Waals surface area contributed by atoms with Gasteiger partial charge >= 0.3 is 5.69 Å². The highest BCUT2D eigenvalue weighted by Gasteiger charge is 2.32. The number of H-pyrrole nitrogens is 1. The Balaban J connectivity index is 1.62. The molecule has 1 aliphatic rings. The molecule has 4 heterocycles. The number of aromatic amines is 1. The Morgan fingerprint density at radius 2 is 1.95 bits per heavy atom. The molecule has 0 aliphatic carbocycles. The van der Waals surface area contributed by atoms with Crippen LogP contribution in [0.15, 0.2) is 72.1 Å². The third kappa shape index (κ3) is 4.66. The molecule has 2 N–H and O–H groups in total. The van der Waals surface area contributed by atoms with Gasteiger partial charge in [0.2, 0.25) is 0 Å². The average Bonchev–Trinajstić information content (AvgIpc) is 3.65. The number of aryl methyl sites for hydroxylation is 2. The Labute approximate surface area is 214 Å².